The summed E-state index contributed by atoms with van der Waals surface area (Å²) in [7, 11) is 0. The molecule has 8 rings (SSSR count). The number of hydrogen-bond donors (Lipinski definition) is 0. The van der Waals surface area contributed by atoms with Gasteiger partial charge in [0.05, 0.1) is 67.1 Å². The summed E-state index contributed by atoms with van der Waals surface area (Å²) in [5.41, 5.74) is 0.233. The Kier molecular flexibility index (Phi) is 10.6. The number of hydrogen-bond acceptors (Lipinski definition) is 4. The molecule has 0 aliphatic rings. The fourth-order valence-corrected chi connectivity index (χ4v) is 7.53. The number of benzene rings is 6. The molecule has 0 spiro atoms. The van der Waals surface area contributed by atoms with Crippen molar-refractivity contribution in [3.05, 3.63) is 154 Å². The summed E-state index contributed by atoms with van der Waals surface area (Å²) in [5.74, 6) is 0. The molecule has 0 saturated heterocycles. The summed E-state index contributed by atoms with van der Waals surface area (Å²) in [6, 6.07) is 19.7. The molecule has 0 N–H and O–H groups in total. The van der Waals surface area contributed by atoms with E-state index in [0.717, 1.165) is 48.5 Å². The Balaban J connectivity index is 1.58. The molecular weight excluding hydrogens is 861 g/mol. The monoisotopic (exact) mass is 890 g/mol. The van der Waals surface area contributed by atoms with E-state index >= 15 is 0 Å². The van der Waals surface area contributed by atoms with Crippen LogP contribution < -0.4 is 0 Å². The van der Waals surface area contributed by atoms with Gasteiger partial charge in [-0.1, -0.05) is 48.5 Å². The van der Waals surface area contributed by atoms with Crippen molar-refractivity contribution in [3.63, 3.8) is 0 Å². The van der Waals surface area contributed by atoms with Crippen molar-refractivity contribution in [2.24, 2.45) is 0 Å². The zero-order valence-electron chi connectivity index (χ0n) is 33.7. The van der Waals surface area contributed by atoms with E-state index in [1.165, 1.54) is 48.5 Å². The van der Waals surface area contributed by atoms with Crippen LogP contribution in [0.5, 0.6) is 0 Å². The maximum Gasteiger partial charge on any atom is 0.416 e. The van der Waals surface area contributed by atoms with Crippen LogP contribution in [0, 0.1) is 27.7 Å². The van der Waals surface area contributed by atoms with Gasteiger partial charge in [0.15, 0.2) is 0 Å². The highest BCUT2D eigenvalue weighted by Crippen LogP contribution is 2.49. The van der Waals surface area contributed by atoms with E-state index in [1.807, 2.05) is 0 Å². The number of rotatable bonds is 5. The second kappa shape index (κ2) is 15.5. The molecule has 0 unspecified atom stereocenters. The lowest BCUT2D eigenvalue weighted by Crippen LogP contribution is -2.06. The molecule has 8 aromatic rings. The minimum Gasteiger partial charge on any atom is -0.249 e. The lowest BCUT2D eigenvalue weighted by molar-refractivity contribution is -0.138. The van der Waals surface area contributed by atoms with Gasteiger partial charge in [-0.15, -0.1) is 0 Å². The molecule has 2 aromatic heterocycles. The lowest BCUT2D eigenvalue weighted by Gasteiger charge is -2.23. The maximum absolute atomic E-state index is 14.0. The standard InChI is InChI=1S/C48H30F12N4/c1-23-25(3)63-43-39(29-9-17-33(18-10-29)47(55,56)57)37(21-35(41(43)61-23)27-5-13-31(14-6-27)45(49,50)51)38-22-36(28-7-15-32(16-8-28)46(52,53)54)42-44(64-26(4)24(2)62-42)40(38)30-11-19-34(20-12-30)48(58,59)60/h5-22H,1-4H3. The predicted molar refractivity (Wildman–Crippen MR) is 219 cm³/mol. The van der Waals surface area contributed by atoms with Gasteiger partial charge in [-0.25, -0.2) is 19.9 Å². The van der Waals surface area contributed by atoms with E-state index in [-0.39, 0.29) is 77.7 Å². The van der Waals surface area contributed by atoms with E-state index < -0.39 is 47.0 Å². The number of fused-ring (bicyclic) bond motifs is 2. The van der Waals surface area contributed by atoms with E-state index in [2.05, 4.69) is 0 Å². The van der Waals surface area contributed by atoms with Crippen molar-refractivity contribution in [1.29, 1.82) is 0 Å². The first-order valence-corrected chi connectivity index (χ1v) is 19.2. The van der Waals surface area contributed by atoms with Gasteiger partial charge >= 0.3 is 24.7 Å². The first kappa shape index (κ1) is 43.8. The number of alkyl halides is 12. The van der Waals surface area contributed by atoms with Crippen LogP contribution >= 0.6 is 0 Å². The predicted octanol–water partition coefficient (Wildman–Crippen LogP) is 15.2. The van der Waals surface area contributed by atoms with Gasteiger partial charge in [-0.05, 0) is 122 Å². The summed E-state index contributed by atoms with van der Waals surface area (Å²) in [6.07, 6.45) is -18.9. The summed E-state index contributed by atoms with van der Waals surface area (Å²) in [5, 5.41) is 0. The summed E-state index contributed by atoms with van der Waals surface area (Å²) in [6.45, 7) is 6.57. The van der Waals surface area contributed by atoms with Crippen molar-refractivity contribution in [3.8, 4) is 55.6 Å². The van der Waals surface area contributed by atoms with Gasteiger partial charge in [0, 0.05) is 22.3 Å². The molecule has 0 aliphatic carbocycles. The minimum atomic E-state index is -4.73. The van der Waals surface area contributed by atoms with Gasteiger partial charge in [-0.3, -0.25) is 0 Å². The molecule has 6 aromatic carbocycles. The molecular formula is C48H30F12N4. The van der Waals surface area contributed by atoms with E-state index in [4.69, 9.17) is 19.9 Å². The highest BCUT2D eigenvalue weighted by atomic mass is 19.4. The number of halogens is 12. The Labute approximate surface area is 356 Å². The van der Waals surface area contributed by atoms with Crippen molar-refractivity contribution in [2.75, 3.05) is 0 Å². The molecule has 16 heteroatoms. The summed E-state index contributed by atoms with van der Waals surface area (Å²) < 4.78 is 167. The molecule has 0 fully saturated rings. The third-order valence-electron chi connectivity index (χ3n) is 11.1. The highest BCUT2D eigenvalue weighted by Gasteiger charge is 2.34. The normalized spacial score (nSPS) is 12.7. The smallest absolute Gasteiger partial charge is 0.249 e. The van der Waals surface area contributed by atoms with Crippen LogP contribution in [0.3, 0.4) is 0 Å². The molecule has 4 nitrogen and oxygen atoms in total. The van der Waals surface area contributed by atoms with Crippen LogP contribution in [0.1, 0.15) is 45.0 Å². The van der Waals surface area contributed by atoms with Crippen LogP contribution in [0.15, 0.2) is 109 Å². The molecule has 0 saturated carbocycles. The van der Waals surface area contributed by atoms with E-state index in [9.17, 15) is 52.7 Å². The van der Waals surface area contributed by atoms with Gasteiger partial charge in [-0.2, -0.15) is 52.7 Å². The van der Waals surface area contributed by atoms with Crippen LogP contribution in [0.25, 0.3) is 77.7 Å². The zero-order chi connectivity index (χ0) is 46.3. The van der Waals surface area contributed by atoms with Crippen LogP contribution in [0.2, 0.25) is 0 Å². The van der Waals surface area contributed by atoms with Gasteiger partial charge in [0.25, 0.3) is 0 Å². The molecule has 0 radical (unpaired) electrons. The van der Waals surface area contributed by atoms with Crippen molar-refractivity contribution >= 4 is 22.1 Å². The average Bonchev–Trinajstić information content (AvgIpc) is 3.22. The van der Waals surface area contributed by atoms with Crippen molar-refractivity contribution in [2.45, 2.75) is 52.4 Å². The first-order chi connectivity index (χ1) is 29.9. The van der Waals surface area contributed by atoms with Crippen LogP contribution in [-0.2, 0) is 24.7 Å². The topological polar surface area (TPSA) is 51.6 Å². The number of aromatic nitrogens is 4. The molecule has 0 amide bonds. The number of nitrogens with zero attached hydrogens (tertiary/aromatic N) is 4. The van der Waals surface area contributed by atoms with Crippen molar-refractivity contribution in [1.82, 2.24) is 19.9 Å². The SMILES string of the molecule is Cc1nc2c(-c3ccc(C(F)(F)F)cc3)cc(-c3cc(-c4ccc(C(F)(F)F)cc4)c4nc(C)c(C)nc4c3-c3ccc(C(F)(F)F)cc3)c(-c3ccc(C(F)(F)F)cc3)c2nc1C. The minimum absolute atomic E-state index is 0.107. The Hall–Kier alpha value is -6.84. The largest absolute Gasteiger partial charge is 0.416 e. The fraction of sp³-hybridized carbons (Fsp3) is 0.167. The average molecular weight is 891 g/mol. The quantitative estimate of drug-likeness (QED) is 0.162. The van der Waals surface area contributed by atoms with Crippen LogP contribution in [0.4, 0.5) is 52.7 Å². The van der Waals surface area contributed by atoms with Crippen molar-refractivity contribution < 1.29 is 52.7 Å². The summed E-state index contributed by atoms with van der Waals surface area (Å²) >= 11 is 0. The van der Waals surface area contributed by atoms with Gasteiger partial charge in [0.2, 0.25) is 0 Å². The van der Waals surface area contributed by atoms with E-state index in [1.54, 1.807) is 39.8 Å². The zero-order valence-corrected chi connectivity index (χ0v) is 33.7. The molecule has 0 atom stereocenters. The number of aryl methyl sites for hydroxylation is 4. The highest BCUT2D eigenvalue weighted by molar-refractivity contribution is 6.14. The summed E-state index contributed by atoms with van der Waals surface area (Å²) in [4.78, 5) is 19.3. The third kappa shape index (κ3) is 8.12. The van der Waals surface area contributed by atoms with Gasteiger partial charge in [0.1, 0.15) is 0 Å². The second-order valence-corrected chi connectivity index (χ2v) is 15.2. The molecule has 2 heterocycles. The Morgan fingerprint density at radius 3 is 0.734 bits per heavy atom. The fourth-order valence-electron chi connectivity index (χ4n) is 7.53. The van der Waals surface area contributed by atoms with E-state index in [0.29, 0.717) is 22.8 Å². The molecule has 0 aliphatic heterocycles. The molecule has 64 heavy (non-hydrogen) atoms. The van der Waals surface area contributed by atoms with Crippen LogP contribution in [-0.4, -0.2) is 19.9 Å². The molecule has 326 valence electrons. The maximum atomic E-state index is 14.0. The van der Waals surface area contributed by atoms with Gasteiger partial charge < -0.3 is 0 Å². The second-order valence-electron chi connectivity index (χ2n) is 15.2. The third-order valence-corrected chi connectivity index (χ3v) is 11.1. The first-order valence-electron chi connectivity index (χ1n) is 19.2. The molecule has 0 bridgehead atoms. The Morgan fingerprint density at radius 1 is 0.281 bits per heavy atom. The Morgan fingerprint density at radius 2 is 0.500 bits per heavy atom. The Bertz CT molecular complexity index is 2880. The lowest BCUT2D eigenvalue weighted by atomic mass is 9.83.